The summed E-state index contributed by atoms with van der Waals surface area (Å²) >= 11 is 0. The van der Waals surface area contributed by atoms with E-state index < -0.39 is 0 Å². The number of hydrogen-bond donors (Lipinski definition) is 2. The second-order valence-corrected chi connectivity index (χ2v) is 9.37. The van der Waals surface area contributed by atoms with Crippen LogP contribution in [0.2, 0.25) is 0 Å². The van der Waals surface area contributed by atoms with Crippen LogP contribution >= 0.6 is 0 Å². The van der Waals surface area contributed by atoms with Crippen LogP contribution in [0, 0.1) is 17.8 Å². The number of carbonyl (C=O) groups is 1. The molecular weight excluding hydrogens is 418 g/mol. The molecule has 2 N–H and O–H groups in total. The summed E-state index contributed by atoms with van der Waals surface area (Å²) in [6.07, 6.45) is 4.49. The average molecular weight is 456 g/mol. The number of piperidine rings is 1. The van der Waals surface area contributed by atoms with Crippen molar-refractivity contribution < 1.29 is 19.0 Å². The van der Waals surface area contributed by atoms with E-state index in [1.807, 2.05) is 25.2 Å². The van der Waals surface area contributed by atoms with E-state index in [2.05, 4.69) is 23.6 Å². The third-order valence-electron chi connectivity index (χ3n) is 7.65. The minimum absolute atomic E-state index is 0.00897. The Kier molecular flexibility index (Phi) is 7.39. The highest BCUT2D eigenvalue weighted by Gasteiger charge is 2.49. The Morgan fingerprint density at radius 3 is 2.45 bits per heavy atom. The molecule has 1 aromatic carbocycles. The van der Waals surface area contributed by atoms with Gasteiger partial charge in [-0.05, 0) is 67.3 Å². The van der Waals surface area contributed by atoms with Gasteiger partial charge in [-0.2, -0.15) is 0 Å². The highest BCUT2D eigenvalue weighted by Crippen LogP contribution is 2.44. The first-order valence-corrected chi connectivity index (χ1v) is 12.0. The minimum atomic E-state index is -0.129. The van der Waals surface area contributed by atoms with Gasteiger partial charge in [-0.3, -0.25) is 4.79 Å². The van der Waals surface area contributed by atoms with Crippen LogP contribution in [0.3, 0.4) is 0 Å². The zero-order valence-electron chi connectivity index (χ0n) is 20.4. The lowest BCUT2D eigenvalue weighted by Crippen LogP contribution is -2.59. The SMILES string of the molecule is CCCC1NC(=O)C(Cc2cc3cc(OC)ccc3nc2NC)C2CC(OC)C(OC)CC12. The van der Waals surface area contributed by atoms with E-state index in [0.29, 0.717) is 12.3 Å². The largest absolute Gasteiger partial charge is 0.497 e. The lowest BCUT2D eigenvalue weighted by atomic mass is 9.63. The first kappa shape index (κ1) is 23.8. The summed E-state index contributed by atoms with van der Waals surface area (Å²) in [5, 5.41) is 7.61. The molecule has 1 saturated heterocycles. The Morgan fingerprint density at radius 2 is 1.82 bits per heavy atom. The molecule has 1 saturated carbocycles. The summed E-state index contributed by atoms with van der Waals surface area (Å²) in [4.78, 5) is 18.2. The molecule has 4 rings (SSSR count). The van der Waals surface area contributed by atoms with Gasteiger partial charge in [0.05, 0.1) is 24.8 Å². The van der Waals surface area contributed by atoms with E-state index in [-0.39, 0.29) is 36.0 Å². The van der Waals surface area contributed by atoms with Gasteiger partial charge in [0.2, 0.25) is 5.91 Å². The topological polar surface area (TPSA) is 81.7 Å². The fraction of sp³-hybridized carbons (Fsp3) is 0.615. The first-order valence-electron chi connectivity index (χ1n) is 12.0. The van der Waals surface area contributed by atoms with E-state index in [4.69, 9.17) is 19.2 Å². The third kappa shape index (κ3) is 4.66. The van der Waals surface area contributed by atoms with Crippen molar-refractivity contribution in [3.05, 3.63) is 29.8 Å². The quantitative estimate of drug-likeness (QED) is 0.630. The van der Waals surface area contributed by atoms with Crippen molar-refractivity contribution in [1.29, 1.82) is 0 Å². The molecule has 1 amide bonds. The van der Waals surface area contributed by atoms with Crippen molar-refractivity contribution in [3.63, 3.8) is 0 Å². The van der Waals surface area contributed by atoms with E-state index in [9.17, 15) is 4.79 Å². The number of nitrogens with one attached hydrogen (secondary N) is 2. The molecule has 7 nitrogen and oxygen atoms in total. The van der Waals surface area contributed by atoms with E-state index in [0.717, 1.165) is 53.7 Å². The van der Waals surface area contributed by atoms with Gasteiger partial charge in [0.15, 0.2) is 0 Å². The second-order valence-electron chi connectivity index (χ2n) is 9.37. The van der Waals surface area contributed by atoms with Gasteiger partial charge in [0.1, 0.15) is 11.6 Å². The average Bonchev–Trinajstić information content (AvgIpc) is 2.84. The van der Waals surface area contributed by atoms with Crippen LogP contribution in [0.25, 0.3) is 10.9 Å². The van der Waals surface area contributed by atoms with Crippen LogP contribution in [0.5, 0.6) is 5.75 Å². The highest BCUT2D eigenvalue weighted by molar-refractivity contribution is 5.84. The number of nitrogens with zero attached hydrogens (tertiary/aromatic N) is 1. The lowest BCUT2D eigenvalue weighted by Gasteiger charge is -2.49. The van der Waals surface area contributed by atoms with Crippen LogP contribution in [0.1, 0.15) is 38.2 Å². The zero-order valence-corrected chi connectivity index (χ0v) is 20.4. The minimum Gasteiger partial charge on any atom is -0.497 e. The summed E-state index contributed by atoms with van der Waals surface area (Å²) in [5.41, 5.74) is 1.95. The number of ether oxygens (including phenoxy) is 3. The van der Waals surface area contributed by atoms with Crippen molar-refractivity contribution in [2.24, 2.45) is 17.8 Å². The van der Waals surface area contributed by atoms with Gasteiger partial charge in [-0.1, -0.05) is 13.3 Å². The van der Waals surface area contributed by atoms with Gasteiger partial charge in [-0.15, -0.1) is 0 Å². The van der Waals surface area contributed by atoms with Crippen molar-refractivity contribution in [2.45, 2.75) is 57.3 Å². The molecule has 0 bridgehead atoms. The van der Waals surface area contributed by atoms with Crippen LogP contribution in [-0.2, 0) is 20.7 Å². The summed E-state index contributed by atoms with van der Waals surface area (Å²) in [6, 6.07) is 8.22. The molecule has 7 heteroatoms. The smallest absolute Gasteiger partial charge is 0.223 e. The normalized spacial score (nSPS) is 29.4. The Morgan fingerprint density at radius 1 is 1.09 bits per heavy atom. The number of benzene rings is 1. The second kappa shape index (κ2) is 10.3. The molecule has 0 radical (unpaired) electrons. The summed E-state index contributed by atoms with van der Waals surface area (Å²) in [6.45, 7) is 2.18. The van der Waals surface area contributed by atoms with Gasteiger partial charge >= 0.3 is 0 Å². The number of carbonyl (C=O) groups excluding carboxylic acids is 1. The summed E-state index contributed by atoms with van der Waals surface area (Å²) < 4.78 is 17.0. The number of hydrogen-bond acceptors (Lipinski definition) is 6. The maximum atomic E-state index is 13.4. The lowest BCUT2D eigenvalue weighted by molar-refractivity contribution is -0.144. The maximum absolute atomic E-state index is 13.4. The number of methoxy groups -OCH3 is 3. The fourth-order valence-corrected chi connectivity index (χ4v) is 5.98. The molecule has 180 valence electrons. The monoisotopic (exact) mass is 455 g/mol. The van der Waals surface area contributed by atoms with Crippen molar-refractivity contribution >= 4 is 22.6 Å². The summed E-state index contributed by atoms with van der Waals surface area (Å²) in [7, 11) is 7.06. The molecule has 1 aliphatic heterocycles. The van der Waals surface area contributed by atoms with Crippen LogP contribution in [0.15, 0.2) is 24.3 Å². The number of amides is 1. The van der Waals surface area contributed by atoms with Gasteiger partial charge < -0.3 is 24.8 Å². The van der Waals surface area contributed by atoms with Crippen molar-refractivity contribution in [1.82, 2.24) is 10.3 Å². The third-order valence-corrected chi connectivity index (χ3v) is 7.65. The van der Waals surface area contributed by atoms with Gasteiger partial charge in [0.25, 0.3) is 0 Å². The maximum Gasteiger partial charge on any atom is 0.223 e. The number of fused-ring (bicyclic) bond motifs is 2. The van der Waals surface area contributed by atoms with Crippen LogP contribution in [-0.4, -0.2) is 57.5 Å². The van der Waals surface area contributed by atoms with Gasteiger partial charge in [-0.25, -0.2) is 4.98 Å². The number of aromatic nitrogens is 1. The van der Waals surface area contributed by atoms with E-state index >= 15 is 0 Å². The molecule has 2 heterocycles. The predicted molar refractivity (Wildman–Crippen MR) is 130 cm³/mol. The number of anilines is 1. The Balaban J connectivity index is 1.68. The molecule has 2 fully saturated rings. The van der Waals surface area contributed by atoms with Gasteiger partial charge in [0, 0.05) is 38.6 Å². The van der Waals surface area contributed by atoms with Crippen LogP contribution < -0.4 is 15.4 Å². The first-order chi connectivity index (χ1) is 16.0. The predicted octanol–water partition coefficient (Wildman–Crippen LogP) is 3.80. The zero-order chi connectivity index (χ0) is 23.5. The van der Waals surface area contributed by atoms with E-state index in [1.54, 1.807) is 21.3 Å². The number of pyridine rings is 1. The Hall–Kier alpha value is -2.38. The molecule has 1 aromatic heterocycles. The molecule has 33 heavy (non-hydrogen) atoms. The Bertz CT molecular complexity index is 981. The Labute approximate surface area is 196 Å². The fourth-order valence-electron chi connectivity index (χ4n) is 5.98. The standard InChI is InChI=1S/C26H37N3O4/c1-6-7-22-19-14-24(33-5)23(32-4)13-18(19)20(26(30)29-22)12-16-10-15-11-17(31-3)8-9-21(15)28-25(16)27-2/h8-11,18-20,22-24H,6-7,12-14H2,1-5H3,(H,27,28)(H,29,30). The molecule has 1 aliphatic carbocycles. The van der Waals surface area contributed by atoms with Crippen LogP contribution in [0.4, 0.5) is 5.82 Å². The highest BCUT2D eigenvalue weighted by atomic mass is 16.5. The van der Waals surface area contributed by atoms with E-state index in [1.165, 1.54) is 0 Å². The van der Waals surface area contributed by atoms with Crippen molar-refractivity contribution in [3.8, 4) is 5.75 Å². The summed E-state index contributed by atoms with van der Waals surface area (Å²) in [5.74, 6) is 2.27. The number of rotatable bonds is 8. The molecule has 2 aliphatic rings. The molecule has 6 atom stereocenters. The van der Waals surface area contributed by atoms with Crippen molar-refractivity contribution in [2.75, 3.05) is 33.7 Å². The molecular formula is C26H37N3O4. The molecule has 2 aromatic rings. The molecule has 0 spiro atoms. The molecule has 6 unspecified atom stereocenters.